The van der Waals surface area contributed by atoms with Crippen LogP contribution in [0.15, 0.2) is 18.2 Å². The maximum absolute atomic E-state index is 3.86. The molecule has 1 N–H and O–H groups in total. The predicted octanol–water partition coefficient (Wildman–Crippen LogP) is 5.04. The Morgan fingerprint density at radius 2 is 1.86 bits per heavy atom. The Balaban J connectivity index is 2.09. The third-order valence-electron chi connectivity index (χ3n) is 5.45. The van der Waals surface area contributed by atoms with Crippen molar-refractivity contribution in [3.63, 3.8) is 0 Å². The van der Waals surface area contributed by atoms with Gasteiger partial charge in [-0.3, -0.25) is 0 Å². The highest BCUT2D eigenvalue weighted by Gasteiger charge is 2.30. The van der Waals surface area contributed by atoms with Crippen LogP contribution in [-0.4, -0.2) is 12.6 Å². The van der Waals surface area contributed by atoms with E-state index in [-0.39, 0.29) is 0 Å². The molecule has 1 aromatic carbocycles. The van der Waals surface area contributed by atoms with Crippen molar-refractivity contribution in [1.29, 1.82) is 0 Å². The van der Waals surface area contributed by atoms with Crippen molar-refractivity contribution >= 4 is 0 Å². The lowest BCUT2D eigenvalue weighted by molar-refractivity contribution is 0.343. The Labute approximate surface area is 131 Å². The van der Waals surface area contributed by atoms with E-state index in [2.05, 4.69) is 51.2 Å². The Morgan fingerprint density at radius 3 is 2.43 bits per heavy atom. The Kier molecular flexibility index (Phi) is 6.29. The summed E-state index contributed by atoms with van der Waals surface area (Å²) < 4.78 is 0. The minimum Gasteiger partial charge on any atom is -0.313 e. The van der Waals surface area contributed by atoms with Crippen LogP contribution in [0.2, 0.25) is 0 Å². The van der Waals surface area contributed by atoms with Crippen molar-refractivity contribution in [2.24, 2.45) is 11.8 Å². The number of nitrogens with one attached hydrogen (secondary N) is 1. The standard InChI is InChI=1S/C20H33N/c1-5-12-21-20(18-11-10-17(6-2)13-18)14-19-15(3)8-7-9-16(19)4/h7-9,17-18,20-21H,5-6,10-14H2,1-4H3. The summed E-state index contributed by atoms with van der Waals surface area (Å²) in [6, 6.07) is 7.39. The first-order valence-corrected chi connectivity index (χ1v) is 8.94. The Hall–Kier alpha value is -0.820. The first-order valence-electron chi connectivity index (χ1n) is 8.94. The van der Waals surface area contributed by atoms with E-state index >= 15 is 0 Å². The van der Waals surface area contributed by atoms with E-state index < -0.39 is 0 Å². The lowest BCUT2D eigenvalue weighted by atomic mass is 9.88. The molecule has 118 valence electrons. The fourth-order valence-corrected chi connectivity index (χ4v) is 3.98. The van der Waals surface area contributed by atoms with Gasteiger partial charge in [0.1, 0.15) is 0 Å². The Bertz CT molecular complexity index is 417. The van der Waals surface area contributed by atoms with Gasteiger partial charge in [0.25, 0.3) is 0 Å². The summed E-state index contributed by atoms with van der Waals surface area (Å²) in [5.41, 5.74) is 4.50. The normalized spacial score (nSPS) is 23.4. The molecule has 3 unspecified atom stereocenters. The minimum atomic E-state index is 0.668. The van der Waals surface area contributed by atoms with Crippen molar-refractivity contribution in [3.8, 4) is 0 Å². The molecule has 2 rings (SSSR count). The highest BCUT2D eigenvalue weighted by molar-refractivity contribution is 5.34. The highest BCUT2D eigenvalue weighted by atomic mass is 14.9. The molecule has 1 heteroatoms. The summed E-state index contributed by atoms with van der Waals surface area (Å²) in [7, 11) is 0. The van der Waals surface area contributed by atoms with E-state index in [0.717, 1.165) is 18.4 Å². The van der Waals surface area contributed by atoms with E-state index in [1.54, 1.807) is 5.56 Å². The van der Waals surface area contributed by atoms with Crippen molar-refractivity contribution in [2.75, 3.05) is 6.54 Å². The van der Waals surface area contributed by atoms with Gasteiger partial charge in [0.05, 0.1) is 0 Å². The van der Waals surface area contributed by atoms with Gasteiger partial charge in [-0.05, 0) is 74.6 Å². The van der Waals surface area contributed by atoms with E-state index in [4.69, 9.17) is 0 Å². The molecule has 1 aromatic rings. The average Bonchev–Trinajstić information content (AvgIpc) is 2.95. The van der Waals surface area contributed by atoms with E-state index in [0.29, 0.717) is 6.04 Å². The van der Waals surface area contributed by atoms with Crippen LogP contribution >= 0.6 is 0 Å². The Morgan fingerprint density at radius 1 is 1.14 bits per heavy atom. The molecule has 0 amide bonds. The van der Waals surface area contributed by atoms with E-state index in [1.165, 1.54) is 49.7 Å². The molecule has 0 heterocycles. The predicted molar refractivity (Wildman–Crippen MR) is 92.8 cm³/mol. The topological polar surface area (TPSA) is 12.0 Å². The van der Waals surface area contributed by atoms with Gasteiger partial charge in [-0.15, -0.1) is 0 Å². The summed E-state index contributed by atoms with van der Waals surface area (Å²) in [4.78, 5) is 0. The monoisotopic (exact) mass is 287 g/mol. The van der Waals surface area contributed by atoms with E-state index in [1.807, 2.05) is 0 Å². The minimum absolute atomic E-state index is 0.668. The number of hydrogen-bond donors (Lipinski definition) is 1. The lowest BCUT2D eigenvalue weighted by Gasteiger charge is -2.27. The smallest absolute Gasteiger partial charge is 0.0136 e. The molecule has 0 bridgehead atoms. The number of aryl methyl sites for hydroxylation is 2. The fourth-order valence-electron chi connectivity index (χ4n) is 3.98. The van der Waals surface area contributed by atoms with Crippen LogP contribution in [0.25, 0.3) is 0 Å². The summed E-state index contributed by atoms with van der Waals surface area (Å²) >= 11 is 0. The van der Waals surface area contributed by atoms with Crippen LogP contribution in [0.5, 0.6) is 0 Å². The molecule has 1 saturated carbocycles. The molecule has 1 fully saturated rings. The molecule has 0 spiro atoms. The van der Waals surface area contributed by atoms with Gasteiger partial charge in [-0.1, -0.05) is 44.9 Å². The molecule has 0 aliphatic heterocycles. The molecule has 0 saturated heterocycles. The van der Waals surface area contributed by atoms with Gasteiger partial charge in [0.2, 0.25) is 0 Å². The van der Waals surface area contributed by atoms with Crippen LogP contribution in [0.1, 0.15) is 62.6 Å². The third-order valence-corrected chi connectivity index (χ3v) is 5.45. The largest absolute Gasteiger partial charge is 0.313 e. The zero-order valence-corrected chi connectivity index (χ0v) is 14.4. The number of rotatable bonds is 7. The average molecular weight is 287 g/mol. The van der Waals surface area contributed by atoms with Gasteiger partial charge in [-0.2, -0.15) is 0 Å². The molecule has 21 heavy (non-hydrogen) atoms. The first-order chi connectivity index (χ1) is 10.2. The van der Waals surface area contributed by atoms with Gasteiger partial charge >= 0.3 is 0 Å². The highest BCUT2D eigenvalue weighted by Crippen LogP contribution is 2.36. The second kappa shape index (κ2) is 7.98. The van der Waals surface area contributed by atoms with Gasteiger partial charge < -0.3 is 5.32 Å². The van der Waals surface area contributed by atoms with Crippen LogP contribution in [0, 0.1) is 25.7 Å². The second-order valence-corrected chi connectivity index (χ2v) is 6.98. The molecule has 1 nitrogen and oxygen atoms in total. The molecular formula is C20H33N. The second-order valence-electron chi connectivity index (χ2n) is 6.98. The quantitative estimate of drug-likeness (QED) is 0.740. The van der Waals surface area contributed by atoms with Crippen molar-refractivity contribution < 1.29 is 0 Å². The summed E-state index contributed by atoms with van der Waals surface area (Å²) in [5.74, 6) is 1.85. The van der Waals surface area contributed by atoms with Crippen LogP contribution < -0.4 is 5.32 Å². The molecule has 0 radical (unpaired) electrons. The fraction of sp³-hybridized carbons (Fsp3) is 0.700. The van der Waals surface area contributed by atoms with Crippen molar-refractivity contribution in [1.82, 2.24) is 5.32 Å². The van der Waals surface area contributed by atoms with Gasteiger partial charge in [0.15, 0.2) is 0 Å². The maximum Gasteiger partial charge on any atom is 0.0136 e. The van der Waals surface area contributed by atoms with Crippen molar-refractivity contribution in [2.45, 2.75) is 72.3 Å². The summed E-state index contributed by atoms with van der Waals surface area (Å²) in [5, 5.41) is 3.86. The SMILES string of the molecule is CCCNC(Cc1c(C)cccc1C)C1CCC(CC)C1. The van der Waals surface area contributed by atoms with Crippen LogP contribution in [0.4, 0.5) is 0 Å². The maximum atomic E-state index is 3.86. The van der Waals surface area contributed by atoms with Gasteiger partial charge in [0, 0.05) is 6.04 Å². The molecule has 1 aliphatic carbocycles. The summed E-state index contributed by atoms with van der Waals surface area (Å²) in [6.07, 6.45) is 8.10. The number of hydrogen-bond acceptors (Lipinski definition) is 1. The molecular weight excluding hydrogens is 254 g/mol. The van der Waals surface area contributed by atoms with Gasteiger partial charge in [-0.25, -0.2) is 0 Å². The van der Waals surface area contributed by atoms with Crippen molar-refractivity contribution in [3.05, 3.63) is 34.9 Å². The third kappa shape index (κ3) is 4.32. The zero-order valence-electron chi connectivity index (χ0n) is 14.4. The summed E-state index contributed by atoms with van der Waals surface area (Å²) in [6.45, 7) is 10.3. The molecule has 1 aliphatic rings. The zero-order chi connectivity index (χ0) is 15.2. The number of benzene rings is 1. The molecule has 3 atom stereocenters. The van der Waals surface area contributed by atoms with Crippen LogP contribution in [0.3, 0.4) is 0 Å². The lowest BCUT2D eigenvalue weighted by Crippen LogP contribution is -2.38. The van der Waals surface area contributed by atoms with Crippen LogP contribution in [-0.2, 0) is 6.42 Å². The first kappa shape index (κ1) is 16.5. The van der Waals surface area contributed by atoms with E-state index in [9.17, 15) is 0 Å². The molecule has 0 aromatic heterocycles.